The van der Waals surface area contributed by atoms with Crippen LogP contribution in [0.3, 0.4) is 0 Å². The van der Waals surface area contributed by atoms with Gasteiger partial charge in [-0.1, -0.05) is 19.9 Å². The van der Waals surface area contributed by atoms with Gasteiger partial charge in [0.25, 0.3) is 0 Å². The van der Waals surface area contributed by atoms with Gasteiger partial charge in [-0.15, -0.1) is 0 Å². The van der Waals surface area contributed by atoms with Gasteiger partial charge >= 0.3 is 6.18 Å². The average molecular weight is 319 g/mol. The molecule has 0 aliphatic carbocycles. The molecule has 1 heterocycles. The molecule has 1 aliphatic rings. The molecule has 1 aromatic carbocycles. The fraction of sp³-hybridized carbons (Fsp3) is 0.625. The number of ether oxygens (including phenoxy) is 1. The van der Waals surface area contributed by atoms with Crippen LogP contribution >= 0.6 is 0 Å². The van der Waals surface area contributed by atoms with Crippen molar-refractivity contribution in [3.63, 3.8) is 0 Å². The summed E-state index contributed by atoms with van der Waals surface area (Å²) in [6.07, 6.45) is -3.43. The summed E-state index contributed by atoms with van der Waals surface area (Å²) in [4.78, 5) is 0. The van der Waals surface area contributed by atoms with Crippen molar-refractivity contribution in [2.45, 2.75) is 39.0 Å². The van der Waals surface area contributed by atoms with Crippen LogP contribution in [0.25, 0.3) is 0 Å². The van der Waals surface area contributed by atoms with E-state index in [4.69, 9.17) is 4.74 Å². The number of hydrogen-bond acceptors (Lipinski definition) is 2. The molecular formula is C16H21F4NO. The van der Waals surface area contributed by atoms with E-state index < -0.39 is 17.6 Å². The number of rotatable bonds is 5. The molecule has 0 saturated carbocycles. The lowest BCUT2D eigenvalue weighted by atomic mass is 9.93. The summed E-state index contributed by atoms with van der Waals surface area (Å²) in [5.74, 6) is -1.13. The van der Waals surface area contributed by atoms with E-state index in [0.717, 1.165) is 25.6 Å². The van der Waals surface area contributed by atoms with Crippen molar-refractivity contribution in [2.75, 3.05) is 13.1 Å². The highest BCUT2D eigenvalue weighted by Gasteiger charge is 2.36. The number of benzene rings is 1. The lowest BCUT2D eigenvalue weighted by Gasteiger charge is -2.26. The van der Waals surface area contributed by atoms with Crippen molar-refractivity contribution in [3.8, 4) is 5.75 Å². The predicted octanol–water partition coefficient (Wildman–Crippen LogP) is 4.25. The maximum absolute atomic E-state index is 14.1. The van der Waals surface area contributed by atoms with Crippen molar-refractivity contribution >= 4 is 0 Å². The molecule has 2 atom stereocenters. The van der Waals surface area contributed by atoms with Crippen LogP contribution in [-0.2, 0) is 6.18 Å². The first-order valence-electron chi connectivity index (χ1n) is 7.52. The average Bonchev–Trinajstić information content (AvgIpc) is 2.92. The third kappa shape index (κ3) is 4.12. The SMILES string of the molecule is CC(C)C[C@H](Oc1cccc(C(F)(F)F)c1F)C1CCNC1. The number of nitrogens with one attached hydrogen (secondary N) is 1. The minimum atomic E-state index is -4.72. The van der Waals surface area contributed by atoms with Crippen LogP contribution in [-0.4, -0.2) is 19.2 Å². The number of hydrogen-bond donors (Lipinski definition) is 1. The Kier molecular flexibility index (Phi) is 5.32. The topological polar surface area (TPSA) is 21.3 Å². The van der Waals surface area contributed by atoms with E-state index in [-0.39, 0.29) is 17.8 Å². The van der Waals surface area contributed by atoms with E-state index in [2.05, 4.69) is 5.32 Å². The molecule has 6 heteroatoms. The molecule has 2 rings (SSSR count). The fourth-order valence-corrected chi connectivity index (χ4v) is 2.78. The van der Waals surface area contributed by atoms with Gasteiger partial charge in [0.1, 0.15) is 6.10 Å². The summed E-state index contributed by atoms with van der Waals surface area (Å²) in [5, 5.41) is 3.21. The zero-order chi connectivity index (χ0) is 16.3. The second-order valence-corrected chi connectivity index (χ2v) is 6.15. The Labute approximate surface area is 127 Å². The molecule has 1 aromatic rings. The van der Waals surface area contributed by atoms with Crippen molar-refractivity contribution in [2.24, 2.45) is 11.8 Å². The van der Waals surface area contributed by atoms with Crippen LogP contribution in [0, 0.1) is 17.7 Å². The van der Waals surface area contributed by atoms with Crippen LogP contribution in [0.4, 0.5) is 17.6 Å². The maximum Gasteiger partial charge on any atom is 0.419 e. The van der Waals surface area contributed by atoms with E-state index in [9.17, 15) is 17.6 Å². The Hall–Kier alpha value is -1.30. The molecule has 1 fully saturated rings. The Morgan fingerprint density at radius 3 is 2.59 bits per heavy atom. The summed E-state index contributed by atoms with van der Waals surface area (Å²) < 4.78 is 58.1. The third-order valence-corrected chi connectivity index (χ3v) is 3.87. The Morgan fingerprint density at radius 2 is 2.05 bits per heavy atom. The van der Waals surface area contributed by atoms with Crippen molar-refractivity contribution < 1.29 is 22.3 Å². The molecule has 124 valence electrons. The van der Waals surface area contributed by atoms with E-state index in [1.807, 2.05) is 13.8 Å². The Bertz CT molecular complexity index is 495. The summed E-state index contributed by atoms with van der Waals surface area (Å²) >= 11 is 0. The second-order valence-electron chi connectivity index (χ2n) is 6.15. The van der Waals surface area contributed by atoms with E-state index >= 15 is 0 Å². The van der Waals surface area contributed by atoms with Crippen molar-refractivity contribution in [3.05, 3.63) is 29.6 Å². The largest absolute Gasteiger partial charge is 0.487 e. The van der Waals surface area contributed by atoms with Gasteiger partial charge in [-0.3, -0.25) is 0 Å². The summed E-state index contributed by atoms with van der Waals surface area (Å²) in [6.45, 7) is 5.63. The molecule has 0 aromatic heterocycles. The van der Waals surface area contributed by atoms with Gasteiger partial charge in [-0.05, 0) is 37.4 Å². The van der Waals surface area contributed by atoms with Gasteiger partial charge in [-0.25, -0.2) is 4.39 Å². The zero-order valence-corrected chi connectivity index (χ0v) is 12.7. The molecule has 1 unspecified atom stereocenters. The van der Waals surface area contributed by atoms with E-state index in [1.165, 1.54) is 12.1 Å². The molecule has 0 spiro atoms. The fourth-order valence-electron chi connectivity index (χ4n) is 2.78. The smallest absolute Gasteiger partial charge is 0.419 e. The van der Waals surface area contributed by atoms with Crippen LogP contribution in [0.15, 0.2) is 18.2 Å². The van der Waals surface area contributed by atoms with Crippen LogP contribution < -0.4 is 10.1 Å². The van der Waals surface area contributed by atoms with Crippen LogP contribution in [0.5, 0.6) is 5.75 Å². The normalized spacial score (nSPS) is 20.4. The monoisotopic (exact) mass is 319 g/mol. The number of halogens is 4. The summed E-state index contributed by atoms with van der Waals surface area (Å²) in [6, 6.07) is 3.18. The quantitative estimate of drug-likeness (QED) is 0.819. The van der Waals surface area contributed by atoms with Gasteiger partial charge in [0.05, 0.1) is 5.56 Å². The predicted molar refractivity (Wildman–Crippen MR) is 76.2 cm³/mol. The zero-order valence-electron chi connectivity index (χ0n) is 12.7. The molecule has 1 aliphatic heterocycles. The van der Waals surface area contributed by atoms with Crippen LogP contribution in [0.1, 0.15) is 32.3 Å². The molecule has 0 amide bonds. The maximum atomic E-state index is 14.1. The lowest BCUT2D eigenvalue weighted by Crippen LogP contribution is -2.30. The Morgan fingerprint density at radius 1 is 1.32 bits per heavy atom. The molecule has 22 heavy (non-hydrogen) atoms. The molecule has 1 saturated heterocycles. The van der Waals surface area contributed by atoms with Gasteiger partial charge in [-0.2, -0.15) is 13.2 Å². The second kappa shape index (κ2) is 6.86. The first-order chi connectivity index (χ1) is 10.3. The number of alkyl halides is 3. The van der Waals surface area contributed by atoms with Crippen LogP contribution in [0.2, 0.25) is 0 Å². The standard InChI is InChI=1S/C16H21F4NO/c1-10(2)8-14(11-6-7-21-9-11)22-13-5-3-4-12(15(13)17)16(18,19)20/h3-5,10-11,14,21H,6-9H2,1-2H3/t11?,14-/m0/s1. The molecule has 2 nitrogen and oxygen atoms in total. The highest BCUT2D eigenvalue weighted by atomic mass is 19.4. The highest BCUT2D eigenvalue weighted by molar-refractivity contribution is 5.33. The first-order valence-corrected chi connectivity index (χ1v) is 7.52. The van der Waals surface area contributed by atoms with E-state index in [0.29, 0.717) is 12.3 Å². The van der Waals surface area contributed by atoms with Gasteiger partial charge in [0.2, 0.25) is 0 Å². The van der Waals surface area contributed by atoms with E-state index in [1.54, 1.807) is 0 Å². The molecular weight excluding hydrogens is 298 g/mol. The minimum Gasteiger partial charge on any atom is -0.487 e. The molecule has 0 radical (unpaired) electrons. The van der Waals surface area contributed by atoms with Crippen molar-refractivity contribution in [1.82, 2.24) is 5.32 Å². The first kappa shape index (κ1) is 17.1. The summed E-state index contributed by atoms with van der Waals surface area (Å²) in [7, 11) is 0. The van der Waals surface area contributed by atoms with Crippen molar-refractivity contribution in [1.29, 1.82) is 0 Å². The van der Waals surface area contributed by atoms with Gasteiger partial charge in [0.15, 0.2) is 11.6 Å². The molecule has 1 N–H and O–H groups in total. The third-order valence-electron chi connectivity index (χ3n) is 3.87. The van der Waals surface area contributed by atoms with Gasteiger partial charge < -0.3 is 10.1 Å². The summed E-state index contributed by atoms with van der Waals surface area (Å²) in [5.41, 5.74) is -1.28. The molecule has 0 bridgehead atoms. The lowest BCUT2D eigenvalue weighted by molar-refractivity contribution is -0.140. The minimum absolute atomic E-state index is 0.191. The van der Waals surface area contributed by atoms with Gasteiger partial charge in [0, 0.05) is 12.5 Å². The highest BCUT2D eigenvalue weighted by Crippen LogP contribution is 2.36. The Balaban J connectivity index is 2.22.